The minimum atomic E-state index is 0.551. The lowest BCUT2D eigenvalue weighted by atomic mass is 10.1. The number of rotatable bonds is 7. The quantitative estimate of drug-likeness (QED) is 0.459. The Bertz CT molecular complexity index is 1180. The zero-order valence-corrected chi connectivity index (χ0v) is 23.3. The Kier molecular flexibility index (Phi) is 8.17. The lowest BCUT2D eigenvalue weighted by Crippen LogP contribution is -2.49. The summed E-state index contributed by atoms with van der Waals surface area (Å²) in [7, 11) is 0. The molecule has 10 nitrogen and oxygen atoms in total. The van der Waals surface area contributed by atoms with Gasteiger partial charge in [0.1, 0.15) is 11.6 Å². The largest absolute Gasteiger partial charge is 0.378 e. The molecule has 3 aromatic rings. The molecule has 2 aromatic carbocycles. The van der Waals surface area contributed by atoms with E-state index >= 15 is 0 Å². The number of nitrogens with zero attached hydrogens (tertiary/aromatic N) is 7. The Labute approximate surface area is 237 Å². The van der Waals surface area contributed by atoms with Crippen LogP contribution >= 0.6 is 0 Å². The maximum atomic E-state index is 6.03. The minimum absolute atomic E-state index is 0.551. The molecule has 0 unspecified atom stereocenters. The number of morpholine rings is 1. The summed E-state index contributed by atoms with van der Waals surface area (Å²) in [5.74, 6) is 2.82. The predicted octanol–water partition coefficient (Wildman–Crippen LogP) is 1.88. The summed E-state index contributed by atoms with van der Waals surface area (Å²) in [5, 5.41) is 0. The van der Waals surface area contributed by atoms with Crippen molar-refractivity contribution < 1.29 is 4.74 Å². The van der Waals surface area contributed by atoms with Gasteiger partial charge in [-0.05, 0) is 23.3 Å². The SMILES string of the molecule is NCc1ccccc1N1CCN(c2cc(N3CCOCC3)nc(N3CCN(c4ccccc4CN)CC3)n2)CC1. The van der Waals surface area contributed by atoms with Crippen LogP contribution in [-0.2, 0) is 17.8 Å². The van der Waals surface area contributed by atoms with Crippen molar-refractivity contribution >= 4 is 29.0 Å². The zero-order valence-electron chi connectivity index (χ0n) is 23.3. The fourth-order valence-corrected chi connectivity index (χ4v) is 5.98. The molecule has 4 heterocycles. The Morgan fingerprint density at radius 2 is 0.975 bits per heavy atom. The van der Waals surface area contributed by atoms with Crippen LogP contribution in [0.25, 0.3) is 0 Å². The number of aromatic nitrogens is 2. The number of nitrogens with two attached hydrogens (primary N) is 2. The molecule has 0 amide bonds. The molecule has 0 radical (unpaired) electrons. The van der Waals surface area contributed by atoms with E-state index in [0.29, 0.717) is 13.1 Å². The maximum absolute atomic E-state index is 6.03. The predicted molar refractivity (Wildman–Crippen MR) is 163 cm³/mol. The first kappa shape index (κ1) is 26.6. The van der Waals surface area contributed by atoms with Crippen LogP contribution < -0.4 is 36.0 Å². The van der Waals surface area contributed by atoms with Gasteiger partial charge >= 0.3 is 0 Å². The highest BCUT2D eigenvalue weighted by Crippen LogP contribution is 2.28. The summed E-state index contributed by atoms with van der Waals surface area (Å²) in [4.78, 5) is 22.2. The molecule has 40 heavy (non-hydrogen) atoms. The number of para-hydroxylation sites is 2. The van der Waals surface area contributed by atoms with Crippen molar-refractivity contribution in [1.82, 2.24) is 9.97 Å². The summed E-state index contributed by atoms with van der Waals surface area (Å²) in [5.41, 5.74) is 16.9. The second-order valence-electron chi connectivity index (χ2n) is 10.6. The van der Waals surface area contributed by atoms with Crippen LogP contribution in [0, 0.1) is 0 Å². The van der Waals surface area contributed by atoms with Crippen molar-refractivity contribution in [3.05, 3.63) is 65.7 Å². The molecule has 3 aliphatic rings. The van der Waals surface area contributed by atoms with Gasteiger partial charge in [0.25, 0.3) is 0 Å². The summed E-state index contributed by atoms with van der Waals surface area (Å²) < 4.78 is 5.62. The molecule has 0 spiro atoms. The summed E-state index contributed by atoms with van der Waals surface area (Å²) in [6.45, 7) is 11.5. The molecule has 1 aromatic heterocycles. The highest BCUT2D eigenvalue weighted by molar-refractivity contribution is 5.60. The van der Waals surface area contributed by atoms with Gasteiger partial charge in [-0.25, -0.2) is 0 Å². The summed E-state index contributed by atoms with van der Waals surface area (Å²) in [6, 6.07) is 19.1. The Morgan fingerprint density at radius 3 is 1.48 bits per heavy atom. The molecule has 0 atom stereocenters. The van der Waals surface area contributed by atoms with E-state index in [1.807, 2.05) is 0 Å². The van der Waals surface area contributed by atoms with Crippen LogP contribution in [0.1, 0.15) is 11.1 Å². The molecule has 4 N–H and O–H groups in total. The number of hydrogen-bond acceptors (Lipinski definition) is 10. The number of anilines is 5. The van der Waals surface area contributed by atoms with Gasteiger partial charge in [0.05, 0.1) is 13.2 Å². The van der Waals surface area contributed by atoms with Gasteiger partial charge in [0.15, 0.2) is 0 Å². The van der Waals surface area contributed by atoms with Crippen molar-refractivity contribution in [3.63, 3.8) is 0 Å². The fourth-order valence-electron chi connectivity index (χ4n) is 5.98. The van der Waals surface area contributed by atoms with E-state index in [2.05, 4.69) is 79.1 Å². The van der Waals surface area contributed by atoms with Gasteiger partial charge in [-0.2, -0.15) is 9.97 Å². The molecular weight excluding hydrogens is 502 g/mol. The normalized spacial score (nSPS) is 18.4. The van der Waals surface area contributed by atoms with Gasteiger partial charge in [-0.1, -0.05) is 36.4 Å². The highest BCUT2D eigenvalue weighted by Gasteiger charge is 2.26. The van der Waals surface area contributed by atoms with Crippen molar-refractivity contribution in [1.29, 1.82) is 0 Å². The first-order valence-electron chi connectivity index (χ1n) is 14.5. The molecule has 3 aliphatic heterocycles. The van der Waals surface area contributed by atoms with Crippen molar-refractivity contribution in [2.24, 2.45) is 11.5 Å². The van der Waals surface area contributed by atoms with Gasteiger partial charge in [0.2, 0.25) is 5.95 Å². The third-order valence-electron chi connectivity index (χ3n) is 8.29. The fraction of sp³-hybridized carbons (Fsp3) is 0.467. The second kappa shape index (κ2) is 12.3. The van der Waals surface area contributed by atoms with Gasteiger partial charge < -0.3 is 40.7 Å². The molecule has 0 bridgehead atoms. The Morgan fingerprint density at radius 1 is 0.550 bits per heavy atom. The highest BCUT2D eigenvalue weighted by atomic mass is 16.5. The molecular formula is C30H41N9O. The average molecular weight is 544 g/mol. The molecule has 3 saturated heterocycles. The number of benzene rings is 2. The van der Waals surface area contributed by atoms with Crippen LogP contribution in [0.5, 0.6) is 0 Å². The lowest BCUT2D eigenvalue weighted by molar-refractivity contribution is 0.122. The van der Waals surface area contributed by atoms with Gasteiger partial charge in [0, 0.05) is 96.0 Å². The average Bonchev–Trinajstić information content (AvgIpc) is 3.05. The van der Waals surface area contributed by atoms with Crippen LogP contribution in [0.3, 0.4) is 0 Å². The number of piperazine rings is 2. The third kappa shape index (κ3) is 5.65. The van der Waals surface area contributed by atoms with Crippen molar-refractivity contribution in [2.75, 3.05) is 103 Å². The van der Waals surface area contributed by atoms with E-state index in [9.17, 15) is 0 Å². The van der Waals surface area contributed by atoms with Crippen LogP contribution in [0.15, 0.2) is 54.6 Å². The monoisotopic (exact) mass is 543 g/mol. The van der Waals surface area contributed by atoms with E-state index < -0.39 is 0 Å². The van der Waals surface area contributed by atoms with Gasteiger partial charge in [-0.3, -0.25) is 0 Å². The van der Waals surface area contributed by atoms with Crippen LogP contribution in [-0.4, -0.2) is 88.6 Å². The number of hydrogen-bond donors (Lipinski definition) is 2. The summed E-state index contributed by atoms with van der Waals surface area (Å²) >= 11 is 0. The Hall–Kier alpha value is -3.60. The van der Waals surface area contributed by atoms with Crippen molar-refractivity contribution in [3.8, 4) is 0 Å². The van der Waals surface area contributed by atoms with E-state index in [1.165, 1.54) is 22.5 Å². The van der Waals surface area contributed by atoms with E-state index in [0.717, 1.165) is 96.2 Å². The van der Waals surface area contributed by atoms with E-state index in [1.54, 1.807) is 0 Å². The molecule has 212 valence electrons. The van der Waals surface area contributed by atoms with Crippen molar-refractivity contribution in [2.45, 2.75) is 13.1 Å². The lowest BCUT2D eigenvalue weighted by Gasteiger charge is -2.39. The first-order valence-corrected chi connectivity index (χ1v) is 14.5. The zero-order chi connectivity index (χ0) is 27.3. The molecule has 10 heteroatoms. The Balaban J connectivity index is 1.20. The minimum Gasteiger partial charge on any atom is -0.378 e. The smallest absolute Gasteiger partial charge is 0.229 e. The van der Waals surface area contributed by atoms with E-state index in [-0.39, 0.29) is 0 Å². The van der Waals surface area contributed by atoms with Crippen LogP contribution in [0.2, 0.25) is 0 Å². The number of ether oxygens (including phenoxy) is 1. The topological polar surface area (TPSA) is 103 Å². The second-order valence-corrected chi connectivity index (χ2v) is 10.6. The van der Waals surface area contributed by atoms with Gasteiger partial charge in [-0.15, -0.1) is 0 Å². The maximum Gasteiger partial charge on any atom is 0.229 e. The standard InChI is InChI=1S/C30H41N9O/c31-22-24-5-1-3-7-26(24)35-9-13-37(14-10-35)28-21-29(38-17-19-40-20-18-38)34-30(33-28)39-15-11-36(12-16-39)27-8-4-2-6-25(27)23-32/h1-8,21H,9-20,22-23,31-32H2. The van der Waals surface area contributed by atoms with E-state index in [4.69, 9.17) is 26.2 Å². The molecule has 6 rings (SSSR count). The first-order chi connectivity index (χ1) is 19.7. The molecule has 0 aliphatic carbocycles. The third-order valence-corrected chi connectivity index (χ3v) is 8.29. The molecule has 0 saturated carbocycles. The van der Waals surface area contributed by atoms with Crippen LogP contribution in [0.4, 0.5) is 29.0 Å². The summed E-state index contributed by atoms with van der Waals surface area (Å²) in [6.07, 6.45) is 0. The molecule has 3 fully saturated rings.